The molecule has 2 aromatic rings. The van der Waals surface area contributed by atoms with Crippen molar-refractivity contribution in [1.82, 2.24) is 9.88 Å². The quantitative estimate of drug-likeness (QED) is 0.824. The Bertz CT molecular complexity index is 627. The highest BCUT2D eigenvalue weighted by atomic mass is 15.2. The van der Waals surface area contributed by atoms with E-state index in [-0.39, 0.29) is 0 Å². The molecule has 1 fully saturated rings. The van der Waals surface area contributed by atoms with E-state index >= 15 is 0 Å². The van der Waals surface area contributed by atoms with Crippen molar-refractivity contribution in [2.45, 2.75) is 39.2 Å². The van der Waals surface area contributed by atoms with Gasteiger partial charge in [0.2, 0.25) is 0 Å². The van der Waals surface area contributed by atoms with Crippen molar-refractivity contribution < 1.29 is 0 Å². The fourth-order valence-electron chi connectivity index (χ4n) is 4.41. The third-order valence-electron chi connectivity index (χ3n) is 5.66. The summed E-state index contributed by atoms with van der Waals surface area (Å²) in [6.45, 7) is 7.32. The molecule has 0 bridgehead atoms. The molecule has 1 aromatic heterocycles. The number of H-pyrrole nitrogens is 1. The average Bonchev–Trinajstić information content (AvgIpc) is 2.85. The Hall–Kier alpha value is -1.28. The van der Waals surface area contributed by atoms with E-state index in [0.717, 1.165) is 11.8 Å². The van der Waals surface area contributed by atoms with Crippen LogP contribution >= 0.6 is 0 Å². The summed E-state index contributed by atoms with van der Waals surface area (Å²) in [6.07, 6.45) is 3.85. The van der Waals surface area contributed by atoms with Crippen LogP contribution in [-0.2, 0) is 6.42 Å². The first-order chi connectivity index (χ1) is 9.78. The van der Waals surface area contributed by atoms with Gasteiger partial charge in [-0.15, -0.1) is 0 Å². The van der Waals surface area contributed by atoms with Crippen LogP contribution in [0.25, 0.3) is 10.9 Å². The van der Waals surface area contributed by atoms with E-state index in [1.807, 2.05) is 0 Å². The van der Waals surface area contributed by atoms with E-state index in [2.05, 4.69) is 48.0 Å². The summed E-state index contributed by atoms with van der Waals surface area (Å²) >= 11 is 0. The Morgan fingerprint density at radius 1 is 1.30 bits per heavy atom. The minimum atomic E-state index is 0.629. The second-order valence-corrected chi connectivity index (χ2v) is 6.70. The van der Waals surface area contributed by atoms with Crippen LogP contribution in [-0.4, -0.2) is 23.0 Å². The summed E-state index contributed by atoms with van der Waals surface area (Å²) in [7, 11) is 0. The fourth-order valence-corrected chi connectivity index (χ4v) is 4.41. The number of para-hydroxylation sites is 1. The van der Waals surface area contributed by atoms with Gasteiger partial charge in [0.25, 0.3) is 0 Å². The molecule has 2 aliphatic rings. The Morgan fingerprint density at radius 2 is 2.15 bits per heavy atom. The zero-order chi connectivity index (χ0) is 13.7. The predicted molar refractivity (Wildman–Crippen MR) is 83.9 cm³/mol. The van der Waals surface area contributed by atoms with Crippen LogP contribution in [0.3, 0.4) is 0 Å². The number of aromatic amines is 1. The molecule has 106 valence electrons. The summed E-state index contributed by atoms with van der Waals surface area (Å²) in [6, 6.07) is 9.43. The third kappa shape index (κ3) is 1.74. The van der Waals surface area contributed by atoms with E-state index in [0.29, 0.717) is 6.04 Å². The molecule has 2 aliphatic heterocycles. The largest absolute Gasteiger partial charge is 0.357 e. The van der Waals surface area contributed by atoms with E-state index in [9.17, 15) is 0 Å². The van der Waals surface area contributed by atoms with Crippen LogP contribution in [0.2, 0.25) is 0 Å². The highest BCUT2D eigenvalue weighted by Crippen LogP contribution is 2.43. The molecule has 1 saturated heterocycles. The number of piperidine rings is 1. The lowest BCUT2D eigenvalue weighted by Gasteiger charge is -2.45. The number of rotatable bonds is 1. The minimum Gasteiger partial charge on any atom is -0.357 e. The predicted octanol–water partition coefficient (Wildman–Crippen LogP) is 4.13. The second kappa shape index (κ2) is 4.63. The van der Waals surface area contributed by atoms with E-state index in [1.165, 1.54) is 48.9 Å². The summed E-state index contributed by atoms with van der Waals surface area (Å²) < 4.78 is 0. The van der Waals surface area contributed by atoms with Gasteiger partial charge >= 0.3 is 0 Å². The molecule has 0 unspecified atom stereocenters. The van der Waals surface area contributed by atoms with E-state index in [4.69, 9.17) is 0 Å². The second-order valence-electron chi connectivity index (χ2n) is 6.70. The van der Waals surface area contributed by atoms with Gasteiger partial charge in [-0.1, -0.05) is 38.5 Å². The Labute approximate surface area is 121 Å². The molecule has 0 saturated carbocycles. The molecule has 0 amide bonds. The highest BCUT2D eigenvalue weighted by Gasteiger charge is 2.37. The van der Waals surface area contributed by atoms with Crippen LogP contribution in [0.1, 0.15) is 44.0 Å². The van der Waals surface area contributed by atoms with Gasteiger partial charge < -0.3 is 4.98 Å². The molecular formula is C18H24N2. The number of aromatic nitrogens is 1. The summed E-state index contributed by atoms with van der Waals surface area (Å²) in [5.41, 5.74) is 4.42. The molecule has 1 aromatic carbocycles. The summed E-state index contributed by atoms with van der Waals surface area (Å²) in [5.74, 6) is 1.73. The highest BCUT2D eigenvalue weighted by molar-refractivity contribution is 5.85. The maximum atomic E-state index is 3.73. The number of benzene rings is 1. The first kappa shape index (κ1) is 12.5. The van der Waals surface area contributed by atoms with Gasteiger partial charge in [0.15, 0.2) is 0 Å². The van der Waals surface area contributed by atoms with Crippen LogP contribution in [0.4, 0.5) is 0 Å². The van der Waals surface area contributed by atoms with Crippen molar-refractivity contribution >= 4 is 10.9 Å². The van der Waals surface area contributed by atoms with E-state index < -0.39 is 0 Å². The number of nitrogens with one attached hydrogen (secondary N) is 1. The Balaban J connectivity index is 1.76. The first-order valence-corrected chi connectivity index (χ1v) is 8.11. The van der Waals surface area contributed by atoms with Gasteiger partial charge in [0.1, 0.15) is 0 Å². The smallest absolute Gasteiger partial charge is 0.0504 e. The molecule has 3 atom stereocenters. The minimum absolute atomic E-state index is 0.629. The lowest BCUT2D eigenvalue weighted by atomic mass is 9.78. The Kier molecular flexibility index (Phi) is 2.88. The van der Waals surface area contributed by atoms with Gasteiger partial charge in [-0.2, -0.15) is 0 Å². The normalized spacial score (nSPS) is 30.2. The number of fused-ring (bicyclic) bond motifs is 5. The van der Waals surface area contributed by atoms with E-state index in [1.54, 1.807) is 5.56 Å². The number of nitrogens with zero attached hydrogens (tertiary/aromatic N) is 1. The van der Waals surface area contributed by atoms with Crippen LogP contribution in [0.15, 0.2) is 24.3 Å². The fraction of sp³-hybridized carbons (Fsp3) is 0.556. The molecule has 1 N–H and O–H groups in total. The molecule has 0 spiro atoms. The Morgan fingerprint density at radius 3 is 3.00 bits per heavy atom. The van der Waals surface area contributed by atoms with Crippen molar-refractivity contribution in [1.29, 1.82) is 0 Å². The topological polar surface area (TPSA) is 19.0 Å². The van der Waals surface area contributed by atoms with Gasteiger partial charge in [-0.05, 0) is 36.3 Å². The third-order valence-corrected chi connectivity index (χ3v) is 5.66. The molecule has 3 heterocycles. The maximum Gasteiger partial charge on any atom is 0.0504 e. The molecule has 0 radical (unpaired) electrons. The van der Waals surface area contributed by atoms with Crippen molar-refractivity contribution in [3.63, 3.8) is 0 Å². The van der Waals surface area contributed by atoms with Gasteiger partial charge in [-0.3, -0.25) is 4.90 Å². The monoisotopic (exact) mass is 268 g/mol. The van der Waals surface area contributed by atoms with Gasteiger partial charge in [0, 0.05) is 29.7 Å². The molecule has 2 heteroatoms. The van der Waals surface area contributed by atoms with Crippen LogP contribution < -0.4 is 0 Å². The van der Waals surface area contributed by atoms with Crippen molar-refractivity contribution in [2.24, 2.45) is 11.8 Å². The standard InChI is InChI=1S/C18H24N2/c1-3-13-11-20-9-8-15-14-6-4-5-7-16(14)19-18(15)17(20)10-12(13)2/h4-7,12-13,17,19H,3,8-11H2,1-2H3/t12-,13+,17-/m0/s1. The zero-order valence-corrected chi connectivity index (χ0v) is 12.5. The molecule has 0 aliphatic carbocycles. The first-order valence-electron chi connectivity index (χ1n) is 8.11. The molecule has 4 rings (SSSR count). The van der Waals surface area contributed by atoms with Crippen LogP contribution in [0.5, 0.6) is 0 Å². The summed E-state index contributed by atoms with van der Waals surface area (Å²) in [4.78, 5) is 6.46. The van der Waals surface area contributed by atoms with Crippen LogP contribution in [0, 0.1) is 11.8 Å². The summed E-state index contributed by atoms with van der Waals surface area (Å²) in [5, 5.41) is 1.45. The lowest BCUT2D eigenvalue weighted by molar-refractivity contribution is 0.0576. The van der Waals surface area contributed by atoms with Crippen molar-refractivity contribution in [2.75, 3.05) is 13.1 Å². The maximum absolute atomic E-state index is 3.73. The SMILES string of the molecule is CC[C@@H]1CN2CCc3c([nH]c4ccccc34)[C@@H]2C[C@@H]1C. The van der Waals surface area contributed by atoms with Gasteiger partial charge in [-0.25, -0.2) is 0 Å². The van der Waals surface area contributed by atoms with Gasteiger partial charge in [0.05, 0.1) is 6.04 Å². The molecule has 2 nitrogen and oxygen atoms in total. The zero-order valence-electron chi connectivity index (χ0n) is 12.5. The van der Waals surface area contributed by atoms with Crippen molar-refractivity contribution in [3.8, 4) is 0 Å². The number of hydrogen-bond donors (Lipinski definition) is 1. The average molecular weight is 268 g/mol. The lowest BCUT2D eigenvalue weighted by Crippen LogP contribution is -2.45. The molecule has 20 heavy (non-hydrogen) atoms. The molecular weight excluding hydrogens is 244 g/mol. The van der Waals surface area contributed by atoms with Crippen molar-refractivity contribution in [3.05, 3.63) is 35.5 Å². The number of hydrogen-bond acceptors (Lipinski definition) is 1.